The van der Waals surface area contributed by atoms with E-state index in [4.69, 9.17) is 14.2 Å². The molecule has 0 rings (SSSR count). The van der Waals surface area contributed by atoms with Crippen LogP contribution in [0.1, 0.15) is 265 Å². The second-order valence-corrected chi connectivity index (χ2v) is 20.9. The number of ether oxygens (including phenoxy) is 3. The first-order valence-corrected chi connectivity index (χ1v) is 32.6. The van der Waals surface area contributed by atoms with Gasteiger partial charge in [0.1, 0.15) is 13.2 Å². The molecule has 0 amide bonds. The van der Waals surface area contributed by atoms with Gasteiger partial charge in [-0.3, -0.25) is 14.4 Å². The number of unbranched alkanes of at least 4 members (excludes halogenated alkanes) is 18. The van der Waals surface area contributed by atoms with Gasteiger partial charge in [-0.2, -0.15) is 0 Å². The summed E-state index contributed by atoms with van der Waals surface area (Å²) >= 11 is 0. The van der Waals surface area contributed by atoms with Gasteiger partial charge in [-0.25, -0.2) is 0 Å². The van der Waals surface area contributed by atoms with Crippen LogP contribution >= 0.6 is 0 Å². The Labute approximate surface area is 498 Å². The van der Waals surface area contributed by atoms with Gasteiger partial charge in [-0.15, -0.1) is 0 Å². The van der Waals surface area contributed by atoms with Crippen molar-refractivity contribution in [2.24, 2.45) is 0 Å². The van der Waals surface area contributed by atoms with Gasteiger partial charge in [-0.05, 0) is 141 Å². The van der Waals surface area contributed by atoms with Crippen LogP contribution in [-0.4, -0.2) is 37.2 Å². The molecule has 0 aromatic heterocycles. The van der Waals surface area contributed by atoms with Crippen LogP contribution in [0, 0.1) is 0 Å². The molecule has 0 spiro atoms. The second-order valence-electron chi connectivity index (χ2n) is 20.9. The molecule has 0 saturated carbocycles. The number of allylic oxidation sites excluding steroid dienone is 28. The molecule has 0 bridgehead atoms. The molecule has 0 aromatic carbocycles. The van der Waals surface area contributed by atoms with Gasteiger partial charge in [-0.1, -0.05) is 274 Å². The maximum atomic E-state index is 12.9. The highest BCUT2D eigenvalue weighted by molar-refractivity contribution is 5.71. The zero-order valence-corrected chi connectivity index (χ0v) is 52.0. The van der Waals surface area contributed by atoms with E-state index >= 15 is 0 Å². The summed E-state index contributed by atoms with van der Waals surface area (Å²) in [6.45, 7) is 6.31. The molecule has 6 nitrogen and oxygen atoms in total. The summed E-state index contributed by atoms with van der Waals surface area (Å²) in [7, 11) is 0. The molecule has 1 atom stereocenters. The highest BCUT2D eigenvalue weighted by atomic mass is 16.6. The molecule has 0 aromatic rings. The average molecular weight is 1120 g/mol. The molecular formula is C75H118O6. The first-order chi connectivity index (χ1) is 40.0. The van der Waals surface area contributed by atoms with Crippen molar-refractivity contribution in [2.75, 3.05) is 13.2 Å². The molecule has 0 fully saturated rings. The second kappa shape index (κ2) is 67.3. The number of carbonyl (C=O) groups excluding carboxylic acids is 3. The van der Waals surface area contributed by atoms with Gasteiger partial charge < -0.3 is 14.2 Å². The van der Waals surface area contributed by atoms with E-state index in [9.17, 15) is 14.4 Å². The molecule has 454 valence electrons. The van der Waals surface area contributed by atoms with Crippen molar-refractivity contribution in [3.05, 3.63) is 170 Å². The van der Waals surface area contributed by atoms with Crippen molar-refractivity contribution in [1.29, 1.82) is 0 Å². The van der Waals surface area contributed by atoms with Crippen molar-refractivity contribution in [2.45, 2.75) is 271 Å². The minimum absolute atomic E-state index is 0.109. The van der Waals surface area contributed by atoms with Crippen LogP contribution in [0.2, 0.25) is 0 Å². The Balaban J connectivity index is 4.42. The summed E-state index contributed by atoms with van der Waals surface area (Å²) < 4.78 is 16.8. The lowest BCUT2D eigenvalue weighted by atomic mass is 10.0. The SMILES string of the molecule is CC/C=C\C/C=C\C/C=C\C/C=C\C/C=C\C/C=C\C/C=C\C/C=C\C/C=C\CCCC(=O)OCC(COC(=O)CCCCCCC/C=C\CCCC)OC(=O)CCCCCCCCCCCC/C=C\C/C=C\C/C=C\C/C=C\CC. The topological polar surface area (TPSA) is 78.9 Å². The summed E-state index contributed by atoms with van der Waals surface area (Å²) in [5.74, 6) is -0.989. The van der Waals surface area contributed by atoms with E-state index in [0.29, 0.717) is 19.3 Å². The van der Waals surface area contributed by atoms with Crippen LogP contribution in [0.3, 0.4) is 0 Å². The lowest BCUT2D eigenvalue weighted by Gasteiger charge is -2.18. The van der Waals surface area contributed by atoms with Gasteiger partial charge in [0.05, 0.1) is 0 Å². The summed E-state index contributed by atoms with van der Waals surface area (Å²) in [6.07, 6.45) is 99.4. The molecular weight excluding hydrogens is 997 g/mol. The van der Waals surface area contributed by atoms with E-state index < -0.39 is 6.10 Å². The molecule has 0 saturated heterocycles. The van der Waals surface area contributed by atoms with E-state index in [2.05, 4.69) is 191 Å². The minimum atomic E-state index is -0.817. The summed E-state index contributed by atoms with van der Waals surface area (Å²) in [5.41, 5.74) is 0. The Morgan fingerprint density at radius 3 is 0.815 bits per heavy atom. The summed E-state index contributed by atoms with van der Waals surface area (Å²) in [6, 6.07) is 0. The fourth-order valence-corrected chi connectivity index (χ4v) is 8.36. The lowest BCUT2D eigenvalue weighted by Crippen LogP contribution is -2.30. The van der Waals surface area contributed by atoms with Crippen LogP contribution in [0.15, 0.2) is 170 Å². The van der Waals surface area contributed by atoms with Crippen molar-refractivity contribution in [3.8, 4) is 0 Å². The van der Waals surface area contributed by atoms with E-state index in [1.54, 1.807) is 0 Å². The lowest BCUT2D eigenvalue weighted by molar-refractivity contribution is -0.167. The fraction of sp³-hybridized carbons (Fsp3) is 0.587. The number of carbonyl (C=O) groups is 3. The number of hydrogen-bond acceptors (Lipinski definition) is 6. The van der Waals surface area contributed by atoms with Crippen LogP contribution < -0.4 is 0 Å². The Morgan fingerprint density at radius 2 is 0.494 bits per heavy atom. The average Bonchev–Trinajstić information content (AvgIpc) is 3.47. The first kappa shape index (κ1) is 75.8. The minimum Gasteiger partial charge on any atom is -0.462 e. The predicted octanol–water partition coefficient (Wildman–Crippen LogP) is 22.7. The van der Waals surface area contributed by atoms with E-state index in [1.165, 1.54) is 77.0 Å². The van der Waals surface area contributed by atoms with E-state index in [-0.39, 0.29) is 37.5 Å². The molecule has 0 heterocycles. The monoisotopic (exact) mass is 1110 g/mol. The quantitative estimate of drug-likeness (QED) is 0.0261. The zero-order valence-electron chi connectivity index (χ0n) is 52.0. The van der Waals surface area contributed by atoms with Gasteiger partial charge in [0.15, 0.2) is 6.10 Å². The molecule has 0 N–H and O–H groups in total. The molecule has 1 unspecified atom stereocenters. The Hall–Kier alpha value is -5.23. The van der Waals surface area contributed by atoms with Gasteiger partial charge >= 0.3 is 17.9 Å². The molecule has 0 radical (unpaired) electrons. The maximum Gasteiger partial charge on any atom is 0.306 e. The fourth-order valence-electron chi connectivity index (χ4n) is 8.36. The third-order valence-corrected chi connectivity index (χ3v) is 13.2. The third-order valence-electron chi connectivity index (χ3n) is 13.2. The molecule has 6 heteroatoms. The third kappa shape index (κ3) is 65.5. The molecule has 0 aliphatic heterocycles. The van der Waals surface area contributed by atoms with Crippen molar-refractivity contribution < 1.29 is 28.6 Å². The molecule has 0 aliphatic rings. The smallest absolute Gasteiger partial charge is 0.306 e. The Bertz CT molecular complexity index is 1860. The van der Waals surface area contributed by atoms with Gasteiger partial charge in [0.25, 0.3) is 0 Å². The van der Waals surface area contributed by atoms with Crippen LogP contribution in [-0.2, 0) is 28.6 Å². The summed E-state index contributed by atoms with van der Waals surface area (Å²) in [5, 5.41) is 0. The van der Waals surface area contributed by atoms with Gasteiger partial charge in [0, 0.05) is 19.3 Å². The van der Waals surface area contributed by atoms with Crippen molar-refractivity contribution in [3.63, 3.8) is 0 Å². The number of hydrogen-bond donors (Lipinski definition) is 0. The normalized spacial score (nSPS) is 13.3. The van der Waals surface area contributed by atoms with E-state index in [1.807, 2.05) is 0 Å². The Morgan fingerprint density at radius 1 is 0.259 bits per heavy atom. The molecule has 81 heavy (non-hydrogen) atoms. The Kier molecular flexibility index (Phi) is 62.9. The number of esters is 3. The van der Waals surface area contributed by atoms with Crippen LogP contribution in [0.4, 0.5) is 0 Å². The predicted molar refractivity (Wildman–Crippen MR) is 352 cm³/mol. The van der Waals surface area contributed by atoms with Crippen molar-refractivity contribution >= 4 is 17.9 Å². The van der Waals surface area contributed by atoms with Crippen LogP contribution in [0.25, 0.3) is 0 Å². The summed E-state index contributed by atoms with van der Waals surface area (Å²) in [4.78, 5) is 38.3. The first-order valence-electron chi connectivity index (χ1n) is 32.6. The van der Waals surface area contributed by atoms with E-state index in [0.717, 1.165) is 141 Å². The highest BCUT2D eigenvalue weighted by Crippen LogP contribution is 2.15. The highest BCUT2D eigenvalue weighted by Gasteiger charge is 2.19. The van der Waals surface area contributed by atoms with Crippen molar-refractivity contribution in [1.82, 2.24) is 0 Å². The number of rotatable bonds is 57. The molecule has 0 aliphatic carbocycles. The maximum absolute atomic E-state index is 12.9. The largest absolute Gasteiger partial charge is 0.462 e. The zero-order chi connectivity index (χ0) is 58.5. The standard InChI is InChI=1S/C75H118O6/c1-4-7-10-13-16-19-22-24-26-28-30-32-34-35-36-37-38-39-41-42-44-46-48-50-53-56-59-62-65-68-74(77)80-71-72(70-79-73(76)67-64-61-58-55-52-21-18-15-12-9-6-3)81-75(78)69-66-63-60-57-54-51-49-47-45-43-40-33-31-29-27-25-23-20-17-14-11-8-5-2/h7-8,10-11,15-20,24-27,30-33,35-36,38-39,42,44,48,50,56,59,72H,4-6,9,12-14,21-23,28-29,34,37,40-41,43,45-47,49,51-55,57-58,60-71H2,1-3H3/b10-7-,11-8-,18-15-,19-16-,20-17-,26-24-,27-25-,32-30-,33-31-,36-35-,39-38-,44-42-,50-48-,59-56-. The van der Waals surface area contributed by atoms with Gasteiger partial charge in [0.2, 0.25) is 0 Å². The van der Waals surface area contributed by atoms with Crippen LogP contribution in [0.5, 0.6) is 0 Å².